The Morgan fingerprint density at radius 2 is 0.733 bits per heavy atom. The molecule has 60 heavy (non-hydrogen) atoms. The molecule has 0 bridgehead atoms. The Hall–Kier alpha value is -0.690. The molecule has 0 radical (unpaired) electrons. The largest absolute Gasteiger partial charge is 0.461 e. The van der Waals surface area contributed by atoms with Gasteiger partial charge in [-0.15, -0.1) is 0 Å². The van der Waals surface area contributed by atoms with Crippen molar-refractivity contribution < 1.29 is 23.9 Å². The van der Waals surface area contributed by atoms with Gasteiger partial charge in [-0.25, -0.2) is 0 Å². The first-order valence-electron chi connectivity index (χ1n) is 26.6. The maximum absolute atomic E-state index is 12.8. The van der Waals surface area contributed by atoms with E-state index < -0.39 is 0 Å². The second kappa shape index (κ2) is 38.7. The van der Waals surface area contributed by atoms with Crippen molar-refractivity contribution >= 4 is 41.2 Å². The number of ether oxygens (including phenoxy) is 2. The van der Waals surface area contributed by atoms with Crippen LogP contribution in [-0.4, -0.2) is 52.9 Å². The van der Waals surface area contributed by atoms with Crippen molar-refractivity contribution in [3.8, 4) is 0 Å². The Morgan fingerprint density at radius 1 is 0.417 bits per heavy atom. The first-order chi connectivity index (χ1) is 29.5. The predicted molar refractivity (Wildman–Crippen MR) is 262 cm³/mol. The van der Waals surface area contributed by atoms with Crippen LogP contribution in [0.2, 0.25) is 0 Å². The Balaban J connectivity index is 0.00000301. The summed E-state index contributed by atoms with van der Waals surface area (Å²) in [6, 6.07) is 0. The minimum Gasteiger partial charge on any atom is -0.461 e. The van der Waals surface area contributed by atoms with Gasteiger partial charge in [0.1, 0.15) is 18.0 Å². The summed E-state index contributed by atoms with van der Waals surface area (Å²) in [6.45, 7) is 8.00. The maximum Gasteiger partial charge on any atom is 0.306 e. The van der Waals surface area contributed by atoms with E-state index in [1.807, 2.05) is 51.2 Å². The van der Waals surface area contributed by atoms with Gasteiger partial charge in [-0.1, -0.05) is 169 Å². The van der Waals surface area contributed by atoms with E-state index in [-0.39, 0.29) is 24.1 Å². The minimum absolute atomic E-state index is 0.0356. The fourth-order valence-electron chi connectivity index (χ4n) is 10.2. The summed E-state index contributed by atoms with van der Waals surface area (Å²) in [5, 5.41) is 0. The normalized spacial score (nSPS) is 19.3. The molecular formula is C53H98O5S2. The Bertz CT molecular complexity index is 935. The van der Waals surface area contributed by atoms with Crippen LogP contribution in [0.1, 0.15) is 259 Å². The van der Waals surface area contributed by atoms with Crippen LogP contribution in [0.25, 0.3) is 0 Å². The molecule has 0 saturated heterocycles. The van der Waals surface area contributed by atoms with Crippen LogP contribution in [0.4, 0.5) is 0 Å². The highest BCUT2D eigenvalue weighted by atomic mass is 32.2. The molecule has 0 amide bonds. The summed E-state index contributed by atoms with van der Waals surface area (Å²) in [5.74, 6) is 7.63. The standard InChI is InChI=1S/C49H86O5S2.2C2H6/c50-45(27-15-5-17-37-55-39-46(33-29-41-19-7-1-8-20-41)53-48(51)35-31-43-23-11-3-12-24-43)28-16-6-18-38-56-40-47(34-30-42-21-9-2-10-22-42)54-49(52)36-32-44-25-13-4-14-26-44;2*1-2/h41-44,46-47H,1-40H2;2*1-2H3. The lowest BCUT2D eigenvalue weighted by Crippen LogP contribution is -2.23. The van der Waals surface area contributed by atoms with Gasteiger partial charge in [-0.3, -0.25) is 14.4 Å². The molecule has 0 heterocycles. The average molecular weight is 879 g/mol. The molecular weight excluding hydrogens is 781 g/mol. The van der Waals surface area contributed by atoms with Crippen LogP contribution in [0, 0.1) is 23.7 Å². The molecule has 4 aliphatic rings. The van der Waals surface area contributed by atoms with E-state index in [2.05, 4.69) is 0 Å². The van der Waals surface area contributed by atoms with Gasteiger partial charge in [0.15, 0.2) is 0 Å². The van der Waals surface area contributed by atoms with Crippen molar-refractivity contribution in [2.75, 3.05) is 23.0 Å². The van der Waals surface area contributed by atoms with Crippen molar-refractivity contribution in [3.63, 3.8) is 0 Å². The second-order valence-corrected chi connectivity index (χ2v) is 21.1. The molecule has 4 fully saturated rings. The molecule has 0 aromatic carbocycles. The zero-order valence-corrected chi connectivity index (χ0v) is 41.7. The molecule has 0 aromatic heterocycles. The van der Waals surface area contributed by atoms with Crippen LogP contribution >= 0.6 is 23.5 Å². The van der Waals surface area contributed by atoms with Crippen molar-refractivity contribution in [2.24, 2.45) is 23.7 Å². The molecule has 0 aromatic rings. The summed E-state index contributed by atoms with van der Waals surface area (Å²) >= 11 is 3.90. The lowest BCUT2D eigenvalue weighted by atomic mass is 9.85. The van der Waals surface area contributed by atoms with Gasteiger partial charge in [0.25, 0.3) is 0 Å². The molecule has 0 N–H and O–H groups in total. The highest BCUT2D eigenvalue weighted by molar-refractivity contribution is 7.99. The van der Waals surface area contributed by atoms with Gasteiger partial charge < -0.3 is 9.47 Å². The van der Waals surface area contributed by atoms with E-state index in [4.69, 9.17) is 9.47 Å². The Morgan fingerprint density at radius 3 is 1.07 bits per heavy atom. The molecule has 7 heteroatoms. The predicted octanol–water partition coefficient (Wildman–Crippen LogP) is 16.5. The fraction of sp³-hybridized carbons (Fsp3) is 0.943. The minimum atomic E-state index is 0.0356. The maximum atomic E-state index is 12.8. The average Bonchev–Trinajstić information content (AvgIpc) is 3.30. The number of carbonyl (C=O) groups excluding carboxylic acids is 3. The third-order valence-electron chi connectivity index (χ3n) is 13.9. The third kappa shape index (κ3) is 28.9. The zero-order valence-electron chi connectivity index (χ0n) is 40.1. The summed E-state index contributed by atoms with van der Waals surface area (Å²) in [7, 11) is 0. The number of unbranched alkanes of at least 4 members (excludes halogenated alkanes) is 4. The first-order valence-corrected chi connectivity index (χ1v) is 28.9. The first kappa shape index (κ1) is 55.4. The van der Waals surface area contributed by atoms with Gasteiger partial charge in [0.05, 0.1) is 0 Å². The number of ketones is 1. The van der Waals surface area contributed by atoms with Crippen LogP contribution in [0.5, 0.6) is 0 Å². The number of esters is 2. The van der Waals surface area contributed by atoms with E-state index in [1.165, 1.54) is 141 Å². The number of hydrogen-bond acceptors (Lipinski definition) is 7. The summed E-state index contributed by atoms with van der Waals surface area (Å²) in [6.07, 6.45) is 42.6. The van der Waals surface area contributed by atoms with Crippen LogP contribution in [-0.2, 0) is 23.9 Å². The van der Waals surface area contributed by atoms with E-state index in [0.29, 0.717) is 18.6 Å². The SMILES string of the molecule is CC.CC.O=C(CCCCCSCC(CCC1CCCCC1)OC(=O)CCC1CCCCC1)CCCCCSCC(CCC1CCCCC1)OC(=O)CCC1CCCCC1. The molecule has 0 aliphatic heterocycles. The van der Waals surface area contributed by atoms with Crippen molar-refractivity contribution in [2.45, 2.75) is 271 Å². The van der Waals surface area contributed by atoms with Gasteiger partial charge in [-0.05, 0) is 99.4 Å². The highest BCUT2D eigenvalue weighted by Crippen LogP contribution is 2.32. The van der Waals surface area contributed by atoms with Gasteiger partial charge in [-0.2, -0.15) is 23.5 Å². The molecule has 4 rings (SSSR count). The topological polar surface area (TPSA) is 69.7 Å². The van der Waals surface area contributed by atoms with Crippen LogP contribution in [0.15, 0.2) is 0 Å². The molecule has 4 aliphatic carbocycles. The molecule has 5 nitrogen and oxygen atoms in total. The summed E-state index contributed by atoms with van der Waals surface area (Å²) in [4.78, 5) is 38.3. The Labute approximate surface area is 381 Å². The van der Waals surface area contributed by atoms with Gasteiger partial charge in [0.2, 0.25) is 0 Å². The summed E-state index contributed by atoms with van der Waals surface area (Å²) < 4.78 is 12.2. The molecule has 2 unspecified atom stereocenters. The summed E-state index contributed by atoms with van der Waals surface area (Å²) in [5.41, 5.74) is 0. The third-order valence-corrected chi connectivity index (χ3v) is 16.3. The highest BCUT2D eigenvalue weighted by Gasteiger charge is 2.23. The van der Waals surface area contributed by atoms with Crippen molar-refractivity contribution in [1.29, 1.82) is 0 Å². The van der Waals surface area contributed by atoms with E-state index in [9.17, 15) is 14.4 Å². The number of Topliss-reactive ketones (excluding diaryl/α,β-unsaturated/α-hetero) is 1. The number of thioether (sulfide) groups is 2. The lowest BCUT2D eigenvalue weighted by Gasteiger charge is -2.25. The van der Waals surface area contributed by atoms with Crippen molar-refractivity contribution in [3.05, 3.63) is 0 Å². The van der Waals surface area contributed by atoms with E-state index >= 15 is 0 Å². The molecule has 4 saturated carbocycles. The second-order valence-electron chi connectivity index (χ2n) is 18.8. The molecule has 352 valence electrons. The zero-order chi connectivity index (χ0) is 43.3. The van der Waals surface area contributed by atoms with Gasteiger partial charge >= 0.3 is 11.9 Å². The van der Waals surface area contributed by atoms with Crippen LogP contribution < -0.4 is 0 Å². The number of carbonyl (C=O) groups is 3. The molecule has 2 atom stereocenters. The number of rotatable bonds is 30. The quantitative estimate of drug-likeness (QED) is 0.0526. The number of hydrogen-bond donors (Lipinski definition) is 0. The van der Waals surface area contributed by atoms with Crippen molar-refractivity contribution in [1.82, 2.24) is 0 Å². The monoisotopic (exact) mass is 879 g/mol. The molecule has 0 spiro atoms. The van der Waals surface area contributed by atoms with E-state index in [1.54, 1.807) is 0 Å². The van der Waals surface area contributed by atoms with Gasteiger partial charge in [0, 0.05) is 37.2 Å². The van der Waals surface area contributed by atoms with E-state index in [0.717, 1.165) is 124 Å². The van der Waals surface area contributed by atoms with Crippen LogP contribution in [0.3, 0.4) is 0 Å². The lowest BCUT2D eigenvalue weighted by molar-refractivity contribution is -0.149. The Kier molecular flexibility index (Phi) is 35.8. The smallest absolute Gasteiger partial charge is 0.306 e. The fourth-order valence-corrected chi connectivity index (χ4v) is 12.3.